The molecule has 0 fully saturated rings. The third-order valence-corrected chi connectivity index (χ3v) is 4.75. The summed E-state index contributed by atoms with van der Waals surface area (Å²) in [7, 11) is 0. The molecule has 144 valence electrons. The normalized spacial score (nSPS) is 11.7. The molecule has 0 saturated heterocycles. The molecule has 0 aromatic heterocycles. The number of rotatable bonds is 8. The molecular weight excluding hydrogens is 408 g/mol. The van der Waals surface area contributed by atoms with Gasteiger partial charge in [-0.1, -0.05) is 38.1 Å². The molecule has 2 aromatic carbocycles. The van der Waals surface area contributed by atoms with Crippen LogP contribution in [0.1, 0.15) is 42.6 Å². The van der Waals surface area contributed by atoms with Crippen molar-refractivity contribution in [3.63, 3.8) is 0 Å². The first-order valence-electron chi connectivity index (χ1n) is 8.95. The highest BCUT2D eigenvalue weighted by molar-refractivity contribution is 9.10. The Bertz CT molecular complexity index is 775. The van der Waals surface area contributed by atoms with E-state index in [0.29, 0.717) is 30.3 Å². The van der Waals surface area contributed by atoms with E-state index in [1.165, 1.54) is 5.56 Å². The molecule has 2 aromatic rings. The largest absolute Gasteiger partial charge is 0.481 e. The number of hydrogen-bond acceptors (Lipinski definition) is 3. The summed E-state index contributed by atoms with van der Waals surface area (Å²) in [5.74, 6) is 0.695. The van der Waals surface area contributed by atoms with E-state index in [1.807, 2.05) is 36.4 Å². The Labute approximate surface area is 168 Å². The summed E-state index contributed by atoms with van der Waals surface area (Å²) in [6.07, 6.45) is -0.617. The first kappa shape index (κ1) is 21.0. The van der Waals surface area contributed by atoms with Crippen LogP contribution >= 0.6 is 15.9 Å². The Hall–Kier alpha value is -2.34. The molecular formula is C21H25BrN2O3. The van der Waals surface area contributed by atoms with Crippen LogP contribution in [0.3, 0.4) is 0 Å². The minimum atomic E-state index is -0.617. The summed E-state index contributed by atoms with van der Waals surface area (Å²) in [5, 5.41) is 5.54. The minimum absolute atomic E-state index is 0.189. The maximum atomic E-state index is 12.1. The van der Waals surface area contributed by atoms with Gasteiger partial charge in [0.2, 0.25) is 0 Å². The van der Waals surface area contributed by atoms with E-state index < -0.39 is 6.10 Å². The third kappa shape index (κ3) is 6.40. The zero-order valence-corrected chi connectivity index (χ0v) is 17.4. The molecule has 2 N–H and O–H groups in total. The molecule has 1 atom stereocenters. The van der Waals surface area contributed by atoms with E-state index in [-0.39, 0.29) is 11.8 Å². The Kier molecular flexibility index (Phi) is 7.85. The van der Waals surface area contributed by atoms with E-state index in [1.54, 1.807) is 19.1 Å². The molecule has 0 aliphatic rings. The lowest BCUT2D eigenvalue weighted by Crippen LogP contribution is -2.40. The van der Waals surface area contributed by atoms with Gasteiger partial charge in [-0.05, 0) is 58.6 Å². The lowest BCUT2D eigenvalue weighted by atomic mass is 10.0. The highest BCUT2D eigenvalue weighted by atomic mass is 79.9. The molecule has 2 amide bonds. The second kappa shape index (κ2) is 10.1. The fourth-order valence-corrected chi connectivity index (χ4v) is 2.90. The number of amides is 2. The quantitative estimate of drug-likeness (QED) is 0.621. The standard InChI is InChI=1S/C21H25BrN2O3/c1-14(2)16-8-10-17(11-9-16)27-15(3)20(25)23-12-13-24-21(26)18-6-4-5-7-19(18)22/h4-11,14-15H,12-13H2,1-3H3,(H,23,25)(H,24,26). The number of ether oxygens (including phenoxy) is 1. The Morgan fingerprint density at radius 2 is 1.59 bits per heavy atom. The van der Waals surface area contributed by atoms with Crippen LogP contribution < -0.4 is 15.4 Å². The number of carbonyl (C=O) groups is 2. The average Bonchev–Trinajstić information content (AvgIpc) is 2.65. The van der Waals surface area contributed by atoms with Gasteiger partial charge in [0.25, 0.3) is 11.8 Å². The van der Waals surface area contributed by atoms with Crippen molar-refractivity contribution in [2.24, 2.45) is 0 Å². The van der Waals surface area contributed by atoms with Crippen LogP contribution in [0.25, 0.3) is 0 Å². The first-order chi connectivity index (χ1) is 12.9. The highest BCUT2D eigenvalue weighted by Gasteiger charge is 2.14. The Balaban J connectivity index is 1.73. The number of nitrogens with one attached hydrogen (secondary N) is 2. The SMILES string of the molecule is CC(Oc1ccc(C(C)C)cc1)C(=O)NCCNC(=O)c1ccccc1Br. The number of halogens is 1. The van der Waals surface area contributed by atoms with Gasteiger partial charge in [-0.2, -0.15) is 0 Å². The zero-order chi connectivity index (χ0) is 19.8. The van der Waals surface area contributed by atoms with Crippen molar-refractivity contribution in [2.75, 3.05) is 13.1 Å². The van der Waals surface area contributed by atoms with E-state index in [4.69, 9.17) is 4.74 Å². The predicted octanol–water partition coefficient (Wildman–Crippen LogP) is 3.89. The Morgan fingerprint density at radius 1 is 0.963 bits per heavy atom. The molecule has 27 heavy (non-hydrogen) atoms. The van der Waals surface area contributed by atoms with Crippen molar-refractivity contribution in [2.45, 2.75) is 32.8 Å². The molecule has 0 radical (unpaired) electrons. The van der Waals surface area contributed by atoms with Crippen LogP contribution in [0.5, 0.6) is 5.75 Å². The van der Waals surface area contributed by atoms with Crippen LogP contribution in [0.2, 0.25) is 0 Å². The lowest BCUT2D eigenvalue weighted by Gasteiger charge is -2.15. The molecule has 2 rings (SSSR count). The van der Waals surface area contributed by atoms with Crippen LogP contribution in [0.15, 0.2) is 53.0 Å². The van der Waals surface area contributed by atoms with Gasteiger partial charge in [-0.15, -0.1) is 0 Å². The van der Waals surface area contributed by atoms with Crippen molar-refractivity contribution in [3.05, 3.63) is 64.1 Å². The summed E-state index contributed by atoms with van der Waals surface area (Å²) in [5.41, 5.74) is 1.78. The van der Waals surface area contributed by atoms with Crippen molar-refractivity contribution >= 4 is 27.7 Å². The van der Waals surface area contributed by atoms with Gasteiger partial charge in [-0.3, -0.25) is 9.59 Å². The molecule has 0 heterocycles. The van der Waals surface area contributed by atoms with Gasteiger partial charge in [-0.25, -0.2) is 0 Å². The second-order valence-electron chi connectivity index (χ2n) is 6.51. The zero-order valence-electron chi connectivity index (χ0n) is 15.8. The van der Waals surface area contributed by atoms with Crippen molar-refractivity contribution in [3.8, 4) is 5.75 Å². The predicted molar refractivity (Wildman–Crippen MR) is 110 cm³/mol. The Morgan fingerprint density at radius 3 is 2.22 bits per heavy atom. The van der Waals surface area contributed by atoms with E-state index in [0.717, 1.165) is 4.47 Å². The number of carbonyl (C=O) groups excluding carboxylic acids is 2. The number of hydrogen-bond donors (Lipinski definition) is 2. The summed E-state index contributed by atoms with van der Waals surface area (Å²) in [6, 6.07) is 14.9. The molecule has 0 saturated carbocycles. The second-order valence-corrected chi connectivity index (χ2v) is 7.36. The van der Waals surface area contributed by atoms with E-state index >= 15 is 0 Å². The summed E-state index contributed by atoms with van der Waals surface area (Å²) in [4.78, 5) is 24.2. The summed E-state index contributed by atoms with van der Waals surface area (Å²) < 4.78 is 6.40. The molecule has 0 aliphatic heterocycles. The van der Waals surface area contributed by atoms with Crippen LogP contribution in [-0.4, -0.2) is 31.0 Å². The fraction of sp³-hybridized carbons (Fsp3) is 0.333. The molecule has 0 bridgehead atoms. The van der Waals surface area contributed by atoms with Gasteiger partial charge in [0.1, 0.15) is 5.75 Å². The third-order valence-electron chi connectivity index (χ3n) is 4.06. The molecule has 1 unspecified atom stereocenters. The molecule has 0 aliphatic carbocycles. The van der Waals surface area contributed by atoms with Crippen LogP contribution in [0.4, 0.5) is 0 Å². The topological polar surface area (TPSA) is 67.4 Å². The minimum Gasteiger partial charge on any atom is -0.481 e. The summed E-state index contributed by atoms with van der Waals surface area (Å²) in [6.45, 7) is 6.62. The van der Waals surface area contributed by atoms with Gasteiger partial charge in [0, 0.05) is 17.6 Å². The van der Waals surface area contributed by atoms with E-state index in [2.05, 4.69) is 40.4 Å². The molecule has 5 nitrogen and oxygen atoms in total. The maximum Gasteiger partial charge on any atom is 0.260 e. The lowest BCUT2D eigenvalue weighted by molar-refractivity contribution is -0.127. The van der Waals surface area contributed by atoms with Crippen molar-refractivity contribution in [1.29, 1.82) is 0 Å². The van der Waals surface area contributed by atoms with Gasteiger partial charge < -0.3 is 15.4 Å². The van der Waals surface area contributed by atoms with Crippen molar-refractivity contribution < 1.29 is 14.3 Å². The van der Waals surface area contributed by atoms with Crippen LogP contribution in [0, 0.1) is 0 Å². The van der Waals surface area contributed by atoms with Crippen LogP contribution in [-0.2, 0) is 4.79 Å². The monoisotopic (exact) mass is 432 g/mol. The van der Waals surface area contributed by atoms with Gasteiger partial charge >= 0.3 is 0 Å². The van der Waals surface area contributed by atoms with Gasteiger partial charge in [0.15, 0.2) is 6.10 Å². The molecule has 6 heteroatoms. The smallest absolute Gasteiger partial charge is 0.260 e. The summed E-state index contributed by atoms with van der Waals surface area (Å²) >= 11 is 3.34. The maximum absolute atomic E-state index is 12.1. The van der Waals surface area contributed by atoms with Gasteiger partial charge in [0.05, 0.1) is 5.56 Å². The van der Waals surface area contributed by atoms with E-state index in [9.17, 15) is 9.59 Å². The average molecular weight is 433 g/mol. The highest BCUT2D eigenvalue weighted by Crippen LogP contribution is 2.19. The molecule has 0 spiro atoms. The first-order valence-corrected chi connectivity index (χ1v) is 9.75. The van der Waals surface area contributed by atoms with Crippen molar-refractivity contribution in [1.82, 2.24) is 10.6 Å². The fourth-order valence-electron chi connectivity index (χ4n) is 2.43. The number of benzene rings is 2.